The normalized spacial score (nSPS) is 22.6. The van der Waals surface area contributed by atoms with Gasteiger partial charge in [0, 0.05) is 34.6 Å². The average Bonchev–Trinajstić information content (AvgIpc) is 3.15. The Labute approximate surface area is 231 Å². The third kappa shape index (κ3) is 6.27. The van der Waals surface area contributed by atoms with E-state index in [9.17, 15) is 0 Å². The fraction of sp³-hybridized carbons (Fsp3) is 0.600. The van der Waals surface area contributed by atoms with Gasteiger partial charge in [0.05, 0.1) is 13.2 Å². The highest BCUT2D eigenvalue weighted by Crippen LogP contribution is 2.58. The molecule has 6 nitrogen and oxygen atoms in total. The smallest absolute Gasteiger partial charge is 0.123 e. The van der Waals surface area contributed by atoms with Gasteiger partial charge in [0.25, 0.3) is 0 Å². The van der Waals surface area contributed by atoms with Gasteiger partial charge in [-0.3, -0.25) is 0 Å². The standard InChI is InChI=1S/C30H45BrN4O2/c1-2-10-30-21-24(31)7-9-28(30)27-8-6-22(19-29(27)35(30)14-3-11-32)23-17-25(36-15-4-12-33)20-26(18-23)37-16-5-13-34/h6,8,17-20,24,28H,2-5,7,9-16,21,32-34H2,1H3. The largest absolute Gasteiger partial charge is 0.493 e. The predicted molar refractivity (Wildman–Crippen MR) is 158 cm³/mol. The van der Waals surface area contributed by atoms with Gasteiger partial charge in [-0.15, -0.1) is 0 Å². The van der Waals surface area contributed by atoms with Crippen LogP contribution in [0.15, 0.2) is 36.4 Å². The molecular formula is C30H45BrN4O2. The molecule has 2 aromatic carbocycles. The van der Waals surface area contributed by atoms with Crippen molar-refractivity contribution in [3.05, 3.63) is 42.0 Å². The van der Waals surface area contributed by atoms with Crippen molar-refractivity contribution in [2.75, 3.05) is 44.3 Å². The molecule has 0 bridgehead atoms. The molecule has 37 heavy (non-hydrogen) atoms. The fourth-order valence-corrected chi connectivity index (χ4v) is 7.19. The molecule has 1 aliphatic carbocycles. The van der Waals surface area contributed by atoms with Crippen molar-refractivity contribution in [3.8, 4) is 22.6 Å². The number of alkyl halides is 1. The van der Waals surface area contributed by atoms with Crippen LogP contribution in [0.4, 0.5) is 5.69 Å². The average molecular weight is 574 g/mol. The number of anilines is 1. The van der Waals surface area contributed by atoms with E-state index in [0.29, 0.717) is 43.6 Å². The number of rotatable bonds is 14. The Hall–Kier alpha value is -1.80. The van der Waals surface area contributed by atoms with E-state index in [1.807, 2.05) is 6.07 Å². The van der Waals surface area contributed by atoms with Crippen LogP contribution in [0, 0.1) is 0 Å². The van der Waals surface area contributed by atoms with Crippen LogP contribution in [-0.2, 0) is 0 Å². The summed E-state index contributed by atoms with van der Waals surface area (Å²) in [5, 5.41) is 0. The highest BCUT2D eigenvalue weighted by Gasteiger charge is 2.53. The number of ether oxygens (including phenoxy) is 2. The van der Waals surface area contributed by atoms with Crippen molar-refractivity contribution in [2.24, 2.45) is 17.2 Å². The van der Waals surface area contributed by atoms with Crippen LogP contribution < -0.4 is 31.6 Å². The van der Waals surface area contributed by atoms with Crippen molar-refractivity contribution >= 4 is 21.6 Å². The molecule has 3 unspecified atom stereocenters. The Balaban J connectivity index is 1.73. The highest BCUT2D eigenvalue weighted by atomic mass is 79.9. The summed E-state index contributed by atoms with van der Waals surface area (Å²) in [6.07, 6.45) is 8.66. The quantitative estimate of drug-likeness (QED) is 0.203. The van der Waals surface area contributed by atoms with Crippen LogP contribution in [0.5, 0.6) is 11.5 Å². The summed E-state index contributed by atoms with van der Waals surface area (Å²) in [5.74, 6) is 2.20. The summed E-state index contributed by atoms with van der Waals surface area (Å²) in [7, 11) is 0. The van der Waals surface area contributed by atoms with Crippen molar-refractivity contribution in [1.82, 2.24) is 0 Å². The molecule has 6 N–H and O–H groups in total. The van der Waals surface area contributed by atoms with Crippen LogP contribution in [0.3, 0.4) is 0 Å². The molecule has 1 aliphatic heterocycles. The first-order valence-corrected chi connectivity index (χ1v) is 15.0. The molecule has 1 fully saturated rings. The van der Waals surface area contributed by atoms with Gasteiger partial charge in [0.15, 0.2) is 0 Å². The maximum absolute atomic E-state index is 6.05. The number of fused-ring (bicyclic) bond motifs is 3. The number of halogens is 1. The van der Waals surface area contributed by atoms with Gasteiger partial charge in [-0.1, -0.05) is 41.4 Å². The van der Waals surface area contributed by atoms with E-state index in [4.69, 9.17) is 26.7 Å². The van der Waals surface area contributed by atoms with E-state index in [1.165, 1.54) is 48.9 Å². The van der Waals surface area contributed by atoms with E-state index >= 15 is 0 Å². The summed E-state index contributed by atoms with van der Waals surface area (Å²) in [6, 6.07) is 13.3. The summed E-state index contributed by atoms with van der Waals surface area (Å²) < 4.78 is 12.1. The van der Waals surface area contributed by atoms with Crippen molar-refractivity contribution in [2.45, 2.75) is 74.6 Å². The van der Waals surface area contributed by atoms with E-state index in [2.05, 4.69) is 58.1 Å². The van der Waals surface area contributed by atoms with E-state index in [0.717, 1.165) is 42.9 Å². The predicted octanol–water partition coefficient (Wildman–Crippen LogP) is 5.55. The second-order valence-electron chi connectivity index (χ2n) is 10.5. The van der Waals surface area contributed by atoms with Gasteiger partial charge in [-0.05, 0) is 99.5 Å². The van der Waals surface area contributed by atoms with Crippen molar-refractivity contribution < 1.29 is 9.47 Å². The lowest BCUT2D eigenvalue weighted by molar-refractivity contribution is 0.240. The minimum atomic E-state index is 0.168. The van der Waals surface area contributed by atoms with Crippen molar-refractivity contribution in [1.29, 1.82) is 0 Å². The maximum atomic E-state index is 6.05. The molecule has 0 spiro atoms. The van der Waals surface area contributed by atoms with E-state index < -0.39 is 0 Å². The van der Waals surface area contributed by atoms with E-state index in [-0.39, 0.29) is 5.54 Å². The lowest BCUT2D eigenvalue weighted by atomic mass is 9.69. The molecule has 0 aromatic heterocycles. The van der Waals surface area contributed by atoms with Gasteiger partial charge >= 0.3 is 0 Å². The van der Waals surface area contributed by atoms with Gasteiger partial charge in [0.1, 0.15) is 11.5 Å². The lowest BCUT2D eigenvalue weighted by Gasteiger charge is -2.48. The molecule has 204 valence electrons. The monoisotopic (exact) mass is 572 g/mol. The Morgan fingerprint density at radius 3 is 2.19 bits per heavy atom. The number of hydrogen-bond acceptors (Lipinski definition) is 6. The Kier molecular flexibility index (Phi) is 10.2. The third-order valence-electron chi connectivity index (χ3n) is 7.94. The Morgan fingerprint density at radius 1 is 0.892 bits per heavy atom. The van der Waals surface area contributed by atoms with Crippen LogP contribution >= 0.6 is 15.9 Å². The molecule has 0 saturated heterocycles. The van der Waals surface area contributed by atoms with Crippen LogP contribution in [0.2, 0.25) is 0 Å². The highest BCUT2D eigenvalue weighted by molar-refractivity contribution is 9.09. The van der Waals surface area contributed by atoms with Crippen LogP contribution in [0.1, 0.15) is 69.8 Å². The minimum absolute atomic E-state index is 0.168. The van der Waals surface area contributed by atoms with Gasteiger partial charge in [-0.25, -0.2) is 0 Å². The van der Waals surface area contributed by atoms with Crippen molar-refractivity contribution in [3.63, 3.8) is 0 Å². The van der Waals surface area contributed by atoms with Gasteiger partial charge in [0.2, 0.25) is 0 Å². The summed E-state index contributed by atoms with van der Waals surface area (Å²) in [5.41, 5.74) is 22.7. The first-order chi connectivity index (χ1) is 18.1. The zero-order chi connectivity index (χ0) is 26.3. The van der Waals surface area contributed by atoms with Crippen LogP contribution in [0.25, 0.3) is 11.1 Å². The molecule has 0 radical (unpaired) electrons. The molecule has 7 heteroatoms. The second kappa shape index (κ2) is 13.3. The molecule has 1 saturated carbocycles. The molecule has 1 heterocycles. The first kappa shape index (κ1) is 28.2. The second-order valence-corrected chi connectivity index (χ2v) is 11.8. The third-order valence-corrected chi connectivity index (χ3v) is 8.72. The fourth-order valence-electron chi connectivity index (χ4n) is 6.37. The number of hydrogen-bond donors (Lipinski definition) is 3. The zero-order valence-electron chi connectivity index (χ0n) is 22.4. The molecule has 4 rings (SSSR count). The van der Waals surface area contributed by atoms with Gasteiger partial charge in [-0.2, -0.15) is 0 Å². The first-order valence-electron chi connectivity index (χ1n) is 14.1. The lowest BCUT2D eigenvalue weighted by Crippen LogP contribution is -2.53. The van der Waals surface area contributed by atoms with E-state index in [1.54, 1.807) is 0 Å². The zero-order valence-corrected chi connectivity index (χ0v) is 24.0. The molecule has 3 atom stereocenters. The van der Waals surface area contributed by atoms with Crippen LogP contribution in [-0.4, -0.2) is 49.8 Å². The maximum Gasteiger partial charge on any atom is 0.123 e. The molecular weight excluding hydrogens is 528 g/mol. The molecule has 0 amide bonds. The Morgan fingerprint density at radius 2 is 1.57 bits per heavy atom. The number of nitrogens with two attached hydrogens (primary N) is 3. The summed E-state index contributed by atoms with van der Waals surface area (Å²) in [6.45, 7) is 6.43. The SMILES string of the molecule is CCCC12CC(Br)CCC1c1ccc(-c3cc(OCCCN)cc(OCCCN)c3)cc1N2CCCN. The minimum Gasteiger partial charge on any atom is -0.493 e. The topological polar surface area (TPSA) is 99.8 Å². The number of benzene rings is 2. The Bertz CT molecular complexity index is 991. The molecule has 2 aromatic rings. The number of nitrogens with zero attached hydrogens (tertiary/aromatic N) is 1. The molecule has 2 aliphatic rings. The van der Waals surface area contributed by atoms with Gasteiger partial charge < -0.3 is 31.6 Å². The summed E-state index contributed by atoms with van der Waals surface area (Å²) >= 11 is 3.99. The summed E-state index contributed by atoms with van der Waals surface area (Å²) in [4.78, 5) is 3.29.